The molecule has 0 fully saturated rings. The third kappa shape index (κ3) is 5.55. The predicted molar refractivity (Wildman–Crippen MR) is 110 cm³/mol. The van der Waals surface area contributed by atoms with Gasteiger partial charge in [0.05, 0.1) is 6.54 Å². The standard InChI is InChI=1S/C21H32N6O/c1-15(2)12-18(24-16(3)17-8-5-4-6-9-17)13-22-21(28)23-14-20-26-25-19-10-7-11-27(19)20/h4-6,8-9,15-16,18,24H,7,10-14H2,1-3H3,(H2,22,23,28)/t16-,18+/m0/s1. The number of aromatic nitrogens is 3. The van der Waals surface area contributed by atoms with E-state index >= 15 is 0 Å². The van der Waals surface area contributed by atoms with Crippen molar-refractivity contribution in [3.8, 4) is 0 Å². The Hall–Kier alpha value is -2.41. The lowest BCUT2D eigenvalue weighted by Crippen LogP contribution is -2.45. The van der Waals surface area contributed by atoms with E-state index in [0.717, 1.165) is 37.5 Å². The summed E-state index contributed by atoms with van der Waals surface area (Å²) in [5.41, 5.74) is 1.25. The fraction of sp³-hybridized carbons (Fsp3) is 0.571. The van der Waals surface area contributed by atoms with Crippen LogP contribution in [0.25, 0.3) is 0 Å². The maximum atomic E-state index is 12.3. The van der Waals surface area contributed by atoms with E-state index in [1.54, 1.807) is 0 Å². The Kier molecular flexibility index (Phi) is 7.03. The highest BCUT2D eigenvalue weighted by Gasteiger charge is 2.18. The molecule has 28 heavy (non-hydrogen) atoms. The molecule has 2 amide bonds. The molecular weight excluding hydrogens is 352 g/mol. The average molecular weight is 385 g/mol. The van der Waals surface area contributed by atoms with Crippen LogP contribution in [0, 0.1) is 5.92 Å². The van der Waals surface area contributed by atoms with E-state index in [2.05, 4.69) is 75.8 Å². The molecule has 152 valence electrons. The van der Waals surface area contributed by atoms with E-state index in [0.29, 0.717) is 19.0 Å². The minimum Gasteiger partial charge on any atom is -0.337 e. The molecule has 3 N–H and O–H groups in total. The summed E-state index contributed by atoms with van der Waals surface area (Å²) >= 11 is 0. The van der Waals surface area contributed by atoms with Crippen molar-refractivity contribution in [2.24, 2.45) is 5.92 Å². The molecule has 2 heterocycles. The molecule has 1 aromatic carbocycles. The number of amides is 2. The second-order valence-corrected chi connectivity index (χ2v) is 7.98. The van der Waals surface area contributed by atoms with Crippen LogP contribution in [-0.4, -0.2) is 33.4 Å². The summed E-state index contributed by atoms with van der Waals surface area (Å²) in [5.74, 6) is 2.40. The highest BCUT2D eigenvalue weighted by Crippen LogP contribution is 2.15. The number of aryl methyl sites for hydroxylation is 1. The highest BCUT2D eigenvalue weighted by molar-refractivity contribution is 5.73. The van der Waals surface area contributed by atoms with Crippen LogP contribution in [0.3, 0.4) is 0 Å². The second kappa shape index (κ2) is 9.68. The SMILES string of the molecule is CC(C)C[C@H](CNC(=O)NCc1nnc2n1CCC2)N[C@@H](C)c1ccccc1. The summed E-state index contributed by atoms with van der Waals surface area (Å²) in [6.45, 7) is 8.50. The van der Waals surface area contributed by atoms with Crippen molar-refractivity contribution in [3.63, 3.8) is 0 Å². The number of urea groups is 1. The minimum atomic E-state index is -0.168. The zero-order valence-electron chi connectivity index (χ0n) is 17.1. The molecule has 7 nitrogen and oxygen atoms in total. The maximum absolute atomic E-state index is 12.3. The fourth-order valence-corrected chi connectivity index (χ4v) is 3.75. The highest BCUT2D eigenvalue weighted by atomic mass is 16.2. The number of benzene rings is 1. The first-order valence-corrected chi connectivity index (χ1v) is 10.3. The van der Waals surface area contributed by atoms with E-state index < -0.39 is 0 Å². The first-order valence-electron chi connectivity index (χ1n) is 10.3. The van der Waals surface area contributed by atoms with Crippen LogP contribution < -0.4 is 16.0 Å². The van der Waals surface area contributed by atoms with Crippen molar-refractivity contribution < 1.29 is 4.79 Å². The normalized spacial score (nSPS) is 15.3. The number of hydrogen-bond acceptors (Lipinski definition) is 4. The van der Waals surface area contributed by atoms with Gasteiger partial charge >= 0.3 is 6.03 Å². The number of fused-ring (bicyclic) bond motifs is 1. The Balaban J connectivity index is 1.47. The first-order chi connectivity index (χ1) is 13.5. The third-order valence-electron chi connectivity index (χ3n) is 5.14. The summed E-state index contributed by atoms with van der Waals surface area (Å²) < 4.78 is 2.10. The minimum absolute atomic E-state index is 0.168. The third-order valence-corrected chi connectivity index (χ3v) is 5.14. The number of nitrogens with zero attached hydrogens (tertiary/aromatic N) is 3. The molecule has 0 unspecified atom stereocenters. The molecule has 1 aliphatic rings. The van der Waals surface area contributed by atoms with Crippen LogP contribution in [0.2, 0.25) is 0 Å². The Morgan fingerprint density at radius 1 is 1.14 bits per heavy atom. The smallest absolute Gasteiger partial charge is 0.315 e. The largest absolute Gasteiger partial charge is 0.337 e. The molecule has 0 saturated heterocycles. The fourth-order valence-electron chi connectivity index (χ4n) is 3.75. The number of carbonyl (C=O) groups excluding carboxylic acids is 1. The van der Waals surface area contributed by atoms with Crippen LogP contribution >= 0.6 is 0 Å². The van der Waals surface area contributed by atoms with Gasteiger partial charge in [0.25, 0.3) is 0 Å². The van der Waals surface area contributed by atoms with Gasteiger partial charge in [-0.15, -0.1) is 10.2 Å². The molecule has 2 aromatic rings. The molecule has 0 spiro atoms. The molecule has 1 aliphatic heterocycles. The second-order valence-electron chi connectivity index (χ2n) is 7.98. The van der Waals surface area contributed by atoms with Crippen molar-refractivity contribution in [1.29, 1.82) is 0 Å². The summed E-state index contributed by atoms with van der Waals surface area (Å²) in [6, 6.07) is 10.7. The molecule has 1 aromatic heterocycles. The quantitative estimate of drug-likeness (QED) is 0.621. The summed E-state index contributed by atoms with van der Waals surface area (Å²) in [7, 11) is 0. The van der Waals surface area contributed by atoms with E-state index in [-0.39, 0.29) is 18.1 Å². The maximum Gasteiger partial charge on any atom is 0.315 e. The average Bonchev–Trinajstić information content (AvgIpc) is 3.29. The van der Waals surface area contributed by atoms with Gasteiger partial charge in [0, 0.05) is 31.6 Å². The molecule has 7 heteroatoms. The Bertz CT molecular complexity index is 758. The van der Waals surface area contributed by atoms with Gasteiger partial charge in [0.1, 0.15) is 5.82 Å². The van der Waals surface area contributed by atoms with Gasteiger partial charge < -0.3 is 20.5 Å². The molecule has 0 bridgehead atoms. The topological polar surface area (TPSA) is 83.9 Å². The summed E-state index contributed by atoms with van der Waals surface area (Å²) in [4.78, 5) is 12.3. The van der Waals surface area contributed by atoms with Crippen LogP contribution in [0.5, 0.6) is 0 Å². The van der Waals surface area contributed by atoms with E-state index in [1.165, 1.54) is 5.56 Å². The van der Waals surface area contributed by atoms with Gasteiger partial charge in [-0.2, -0.15) is 0 Å². The van der Waals surface area contributed by atoms with Crippen molar-refractivity contribution >= 4 is 6.03 Å². The lowest BCUT2D eigenvalue weighted by molar-refractivity contribution is 0.237. The van der Waals surface area contributed by atoms with Gasteiger partial charge in [0.2, 0.25) is 0 Å². The lowest BCUT2D eigenvalue weighted by Gasteiger charge is -2.25. The predicted octanol–water partition coefficient (Wildman–Crippen LogP) is 2.79. The first kappa shape index (κ1) is 20.3. The lowest BCUT2D eigenvalue weighted by atomic mass is 10.0. The zero-order chi connectivity index (χ0) is 19.9. The molecule has 2 atom stereocenters. The number of hydrogen-bond donors (Lipinski definition) is 3. The van der Waals surface area contributed by atoms with E-state index in [4.69, 9.17) is 0 Å². The Morgan fingerprint density at radius 2 is 1.93 bits per heavy atom. The van der Waals surface area contributed by atoms with Gasteiger partial charge in [-0.1, -0.05) is 44.2 Å². The van der Waals surface area contributed by atoms with Crippen molar-refractivity contribution in [2.75, 3.05) is 6.54 Å². The molecule has 0 aliphatic carbocycles. The zero-order valence-corrected chi connectivity index (χ0v) is 17.1. The van der Waals surface area contributed by atoms with Crippen molar-refractivity contribution in [3.05, 3.63) is 47.5 Å². The molecule has 0 saturated carbocycles. The van der Waals surface area contributed by atoms with Gasteiger partial charge in [-0.25, -0.2) is 4.79 Å². The van der Waals surface area contributed by atoms with Gasteiger partial charge in [0.15, 0.2) is 5.82 Å². The van der Waals surface area contributed by atoms with Crippen LogP contribution in [0.4, 0.5) is 4.79 Å². The van der Waals surface area contributed by atoms with E-state index in [9.17, 15) is 4.79 Å². The van der Waals surface area contributed by atoms with Crippen molar-refractivity contribution in [2.45, 2.75) is 65.2 Å². The van der Waals surface area contributed by atoms with Crippen LogP contribution in [0.15, 0.2) is 30.3 Å². The van der Waals surface area contributed by atoms with Crippen LogP contribution in [0.1, 0.15) is 56.9 Å². The monoisotopic (exact) mass is 384 g/mol. The van der Waals surface area contributed by atoms with E-state index in [1.807, 2.05) is 6.07 Å². The molecular formula is C21H32N6O. The van der Waals surface area contributed by atoms with Crippen molar-refractivity contribution in [1.82, 2.24) is 30.7 Å². The van der Waals surface area contributed by atoms with Gasteiger partial charge in [-0.3, -0.25) is 0 Å². The number of nitrogens with one attached hydrogen (secondary N) is 3. The summed E-state index contributed by atoms with van der Waals surface area (Å²) in [5, 5.41) is 17.9. The Labute approximate surface area is 167 Å². The Morgan fingerprint density at radius 3 is 2.68 bits per heavy atom. The van der Waals surface area contributed by atoms with Gasteiger partial charge in [-0.05, 0) is 31.2 Å². The number of rotatable bonds is 9. The number of carbonyl (C=O) groups is 1. The molecule has 3 rings (SSSR count). The van der Waals surface area contributed by atoms with Crippen LogP contribution in [-0.2, 0) is 19.5 Å². The molecule has 0 radical (unpaired) electrons. The summed E-state index contributed by atoms with van der Waals surface area (Å²) in [6.07, 6.45) is 3.07.